The first-order valence-corrected chi connectivity index (χ1v) is 13.9. The summed E-state index contributed by atoms with van der Waals surface area (Å²) in [6, 6.07) is 31.8. The van der Waals surface area contributed by atoms with Crippen molar-refractivity contribution in [1.82, 2.24) is 5.32 Å². The van der Waals surface area contributed by atoms with Gasteiger partial charge in [0.25, 0.3) is 0 Å². The van der Waals surface area contributed by atoms with Crippen molar-refractivity contribution in [2.24, 2.45) is 0 Å². The molecule has 0 aliphatic carbocycles. The number of carbonyl (C=O) groups excluding carboxylic acids is 1. The first kappa shape index (κ1) is 26.4. The van der Waals surface area contributed by atoms with E-state index in [-0.39, 0.29) is 5.97 Å². The number of hydrogen-bond donors (Lipinski definition) is 1. The highest BCUT2D eigenvalue weighted by atomic mass is 32.2. The smallest absolute Gasteiger partial charge is 0.332 e. The van der Waals surface area contributed by atoms with E-state index in [2.05, 4.69) is 110 Å². The minimum absolute atomic E-state index is 0.133. The standard InChI is InChI=1S/C29H35NO2S2/c1-4-33-28(34-5-2,27(31)32-3)22-15-23-30-29(24-16-9-6-10-17-24,25-18-11-7-12-19-25)26-20-13-8-14-21-26/h6-14,16-21,30H,4-5,15,22-23H2,1-3H3. The Hall–Kier alpha value is -2.21. The van der Waals surface area contributed by atoms with Crippen LogP contribution in [0.25, 0.3) is 0 Å². The average molecular weight is 494 g/mol. The van der Waals surface area contributed by atoms with Crippen LogP contribution in [0.15, 0.2) is 91.0 Å². The minimum atomic E-state index is -0.561. The van der Waals surface area contributed by atoms with Crippen molar-refractivity contribution in [3.05, 3.63) is 108 Å². The molecule has 0 atom stereocenters. The summed E-state index contributed by atoms with van der Waals surface area (Å²) < 4.78 is 4.67. The zero-order valence-corrected chi connectivity index (χ0v) is 22.0. The molecule has 0 unspecified atom stereocenters. The lowest BCUT2D eigenvalue weighted by Crippen LogP contribution is -2.45. The number of esters is 1. The van der Waals surface area contributed by atoms with Crippen LogP contribution in [0.1, 0.15) is 43.4 Å². The van der Waals surface area contributed by atoms with E-state index in [1.165, 1.54) is 23.8 Å². The third kappa shape index (κ3) is 5.88. The minimum Gasteiger partial charge on any atom is -0.467 e. The van der Waals surface area contributed by atoms with Crippen molar-refractivity contribution >= 4 is 29.5 Å². The molecule has 34 heavy (non-hydrogen) atoms. The highest BCUT2D eigenvalue weighted by Crippen LogP contribution is 2.43. The molecule has 0 heterocycles. The van der Waals surface area contributed by atoms with Gasteiger partial charge in [-0.05, 0) is 47.6 Å². The molecule has 3 aromatic carbocycles. The van der Waals surface area contributed by atoms with Gasteiger partial charge in [-0.1, -0.05) is 105 Å². The van der Waals surface area contributed by atoms with Gasteiger partial charge in [-0.15, -0.1) is 23.5 Å². The van der Waals surface area contributed by atoms with Gasteiger partial charge in [0.05, 0.1) is 12.6 Å². The van der Waals surface area contributed by atoms with E-state index >= 15 is 0 Å². The van der Waals surface area contributed by atoms with E-state index in [1.807, 2.05) is 0 Å². The Morgan fingerprint density at radius 3 is 1.53 bits per heavy atom. The second-order valence-corrected chi connectivity index (χ2v) is 11.4. The molecule has 5 heteroatoms. The van der Waals surface area contributed by atoms with Crippen LogP contribution in [-0.4, -0.2) is 35.2 Å². The summed E-state index contributed by atoms with van der Waals surface area (Å²) in [6.45, 7) is 4.95. The molecule has 0 radical (unpaired) electrons. The van der Waals surface area contributed by atoms with Gasteiger partial charge in [0, 0.05) is 0 Å². The number of thioether (sulfide) groups is 2. The van der Waals surface area contributed by atoms with Crippen molar-refractivity contribution in [2.75, 3.05) is 25.2 Å². The number of benzene rings is 3. The van der Waals surface area contributed by atoms with E-state index in [0.29, 0.717) is 0 Å². The molecule has 0 aliphatic heterocycles. The Bertz CT molecular complexity index is 894. The first-order valence-electron chi connectivity index (χ1n) is 11.9. The Labute approximate surface area is 213 Å². The van der Waals surface area contributed by atoms with Crippen LogP contribution >= 0.6 is 23.5 Å². The van der Waals surface area contributed by atoms with Crippen molar-refractivity contribution in [1.29, 1.82) is 0 Å². The van der Waals surface area contributed by atoms with Gasteiger partial charge in [0.15, 0.2) is 4.08 Å². The highest BCUT2D eigenvalue weighted by molar-refractivity contribution is 8.19. The van der Waals surface area contributed by atoms with Crippen LogP contribution < -0.4 is 5.32 Å². The zero-order valence-electron chi connectivity index (χ0n) is 20.3. The number of hydrogen-bond acceptors (Lipinski definition) is 5. The molecule has 0 fully saturated rings. The molecular weight excluding hydrogens is 458 g/mol. The quantitative estimate of drug-likeness (QED) is 0.124. The Kier molecular flexibility index (Phi) is 10.1. The van der Waals surface area contributed by atoms with Crippen LogP contribution in [0.4, 0.5) is 0 Å². The molecule has 0 amide bonds. The molecule has 0 bridgehead atoms. The van der Waals surface area contributed by atoms with Gasteiger partial charge in [0.1, 0.15) is 0 Å². The Morgan fingerprint density at radius 2 is 1.18 bits per heavy atom. The van der Waals surface area contributed by atoms with Gasteiger partial charge >= 0.3 is 5.97 Å². The molecule has 0 saturated carbocycles. The van der Waals surface area contributed by atoms with Gasteiger partial charge in [0.2, 0.25) is 0 Å². The molecule has 1 N–H and O–H groups in total. The second kappa shape index (κ2) is 13.0. The summed E-state index contributed by atoms with van der Waals surface area (Å²) in [4.78, 5) is 12.8. The molecular formula is C29H35NO2S2. The molecule has 3 nitrogen and oxygen atoms in total. The summed E-state index contributed by atoms with van der Waals surface area (Å²) in [5, 5.41) is 3.93. The summed E-state index contributed by atoms with van der Waals surface area (Å²) >= 11 is 3.38. The lowest BCUT2D eigenvalue weighted by molar-refractivity contribution is -0.141. The van der Waals surface area contributed by atoms with Gasteiger partial charge in [-0.25, -0.2) is 4.79 Å². The van der Waals surface area contributed by atoms with Crippen molar-refractivity contribution in [2.45, 2.75) is 36.3 Å². The van der Waals surface area contributed by atoms with Crippen molar-refractivity contribution in [3.8, 4) is 0 Å². The topological polar surface area (TPSA) is 38.3 Å². The molecule has 180 valence electrons. The van der Waals surface area contributed by atoms with Gasteiger partial charge in [-0.2, -0.15) is 0 Å². The summed E-state index contributed by atoms with van der Waals surface area (Å²) in [5.74, 6) is 1.61. The highest BCUT2D eigenvalue weighted by Gasteiger charge is 2.40. The van der Waals surface area contributed by atoms with E-state index in [0.717, 1.165) is 30.9 Å². The van der Waals surface area contributed by atoms with Crippen LogP contribution in [0.2, 0.25) is 0 Å². The van der Waals surface area contributed by atoms with E-state index in [1.54, 1.807) is 23.5 Å². The van der Waals surface area contributed by atoms with Crippen molar-refractivity contribution < 1.29 is 9.53 Å². The maximum absolute atomic E-state index is 12.8. The average Bonchev–Trinajstić information content (AvgIpc) is 2.90. The summed E-state index contributed by atoms with van der Waals surface area (Å²) in [7, 11) is 1.49. The van der Waals surface area contributed by atoms with Crippen LogP contribution in [0.3, 0.4) is 0 Å². The molecule has 0 aliphatic rings. The fraction of sp³-hybridized carbons (Fsp3) is 0.345. The number of ether oxygens (including phenoxy) is 1. The maximum atomic E-state index is 12.8. The predicted octanol–water partition coefficient (Wildman–Crippen LogP) is 6.72. The fourth-order valence-electron chi connectivity index (χ4n) is 4.50. The zero-order chi connectivity index (χ0) is 24.3. The normalized spacial score (nSPS) is 11.9. The second-order valence-electron chi connectivity index (χ2n) is 7.99. The maximum Gasteiger partial charge on any atom is 0.332 e. The molecule has 3 aromatic rings. The van der Waals surface area contributed by atoms with Crippen LogP contribution in [0, 0.1) is 0 Å². The number of rotatable bonds is 13. The molecule has 0 spiro atoms. The third-order valence-electron chi connectivity index (χ3n) is 5.94. The monoisotopic (exact) mass is 493 g/mol. The lowest BCUT2D eigenvalue weighted by Gasteiger charge is -2.37. The van der Waals surface area contributed by atoms with Gasteiger partial charge < -0.3 is 4.74 Å². The largest absolute Gasteiger partial charge is 0.467 e. The number of nitrogens with one attached hydrogen (secondary N) is 1. The summed E-state index contributed by atoms with van der Waals surface area (Å²) in [5.41, 5.74) is 3.08. The predicted molar refractivity (Wildman–Crippen MR) is 147 cm³/mol. The van der Waals surface area contributed by atoms with E-state index in [9.17, 15) is 4.79 Å². The summed E-state index contributed by atoms with van der Waals surface area (Å²) in [6.07, 6.45) is 1.60. The third-order valence-corrected chi connectivity index (χ3v) is 8.90. The molecule has 0 saturated heterocycles. The Morgan fingerprint density at radius 1 is 0.765 bits per heavy atom. The Balaban J connectivity index is 1.95. The molecule has 3 rings (SSSR count). The van der Waals surface area contributed by atoms with Crippen LogP contribution in [0.5, 0.6) is 0 Å². The van der Waals surface area contributed by atoms with E-state index in [4.69, 9.17) is 4.74 Å². The van der Waals surface area contributed by atoms with Gasteiger partial charge in [-0.3, -0.25) is 5.32 Å². The molecule has 0 aromatic heterocycles. The van der Waals surface area contributed by atoms with Crippen LogP contribution in [-0.2, 0) is 15.1 Å². The van der Waals surface area contributed by atoms with Crippen molar-refractivity contribution in [3.63, 3.8) is 0 Å². The number of methoxy groups -OCH3 is 1. The fourth-order valence-corrected chi connectivity index (χ4v) is 7.45. The first-order chi connectivity index (χ1) is 16.6. The van der Waals surface area contributed by atoms with E-state index < -0.39 is 9.62 Å². The lowest BCUT2D eigenvalue weighted by atomic mass is 9.77. The SMILES string of the molecule is CCSC(CCCNC(c1ccccc1)(c1ccccc1)c1ccccc1)(SCC)C(=O)OC. The number of carbonyl (C=O) groups is 1.